The minimum atomic E-state index is -0.908. The van der Waals surface area contributed by atoms with Crippen LogP contribution in [0.15, 0.2) is 24.3 Å². The molecule has 4 nitrogen and oxygen atoms in total. The van der Waals surface area contributed by atoms with Gasteiger partial charge in [-0.05, 0) is 38.5 Å². The first kappa shape index (κ1) is 16.5. The molecule has 0 saturated carbocycles. The number of rotatable bonds is 5. The lowest BCUT2D eigenvalue weighted by Gasteiger charge is -2.35. The van der Waals surface area contributed by atoms with Gasteiger partial charge >= 0.3 is 5.97 Å². The van der Waals surface area contributed by atoms with Gasteiger partial charge < -0.3 is 10.0 Å². The Kier molecular flexibility index (Phi) is 5.57. The largest absolute Gasteiger partial charge is 0.481 e. The summed E-state index contributed by atoms with van der Waals surface area (Å²) in [5.74, 6) is -1.00. The second kappa shape index (κ2) is 6.75. The maximum absolute atomic E-state index is 12.4. The molecule has 0 atom stereocenters. The molecule has 0 radical (unpaired) electrons. The molecule has 0 aromatic heterocycles. The monoisotopic (exact) mass is 297 g/mol. The van der Waals surface area contributed by atoms with Crippen LogP contribution in [0.1, 0.15) is 32.8 Å². The third-order valence-electron chi connectivity index (χ3n) is 2.90. The fraction of sp³-hybridized carbons (Fsp3) is 0.467. The van der Waals surface area contributed by atoms with Gasteiger partial charge in [-0.1, -0.05) is 23.7 Å². The molecule has 5 heteroatoms. The number of carboxylic acids is 1. The summed E-state index contributed by atoms with van der Waals surface area (Å²) in [7, 11) is 0. The lowest BCUT2D eigenvalue weighted by Crippen LogP contribution is -2.47. The van der Waals surface area contributed by atoms with E-state index in [0.717, 1.165) is 5.56 Å². The Hall–Kier alpha value is -1.55. The quantitative estimate of drug-likeness (QED) is 0.909. The predicted molar refractivity (Wildman–Crippen MR) is 78.9 cm³/mol. The third-order valence-corrected chi connectivity index (χ3v) is 3.14. The van der Waals surface area contributed by atoms with Gasteiger partial charge in [0.1, 0.15) is 0 Å². The Morgan fingerprint density at radius 2 is 1.95 bits per heavy atom. The molecule has 0 saturated heterocycles. The van der Waals surface area contributed by atoms with Gasteiger partial charge in [0.2, 0.25) is 5.91 Å². The second-order valence-electron chi connectivity index (χ2n) is 5.67. The van der Waals surface area contributed by atoms with Gasteiger partial charge in [0.15, 0.2) is 0 Å². The zero-order chi connectivity index (χ0) is 15.3. The Morgan fingerprint density at radius 3 is 2.45 bits per heavy atom. The summed E-state index contributed by atoms with van der Waals surface area (Å²) >= 11 is 5.90. The van der Waals surface area contributed by atoms with Crippen molar-refractivity contribution in [2.24, 2.45) is 0 Å². The standard InChI is InChI=1S/C15H20ClNO3/c1-15(2,3)17(8-7-14(19)20)13(18)10-11-5-4-6-12(16)9-11/h4-6,9H,7-8,10H2,1-3H3,(H,19,20). The molecule has 0 spiro atoms. The van der Waals surface area contributed by atoms with Crippen molar-refractivity contribution in [3.05, 3.63) is 34.9 Å². The van der Waals surface area contributed by atoms with Crippen molar-refractivity contribution < 1.29 is 14.7 Å². The van der Waals surface area contributed by atoms with E-state index in [4.69, 9.17) is 16.7 Å². The van der Waals surface area contributed by atoms with Crippen LogP contribution in [0, 0.1) is 0 Å². The van der Waals surface area contributed by atoms with Gasteiger partial charge in [-0.3, -0.25) is 9.59 Å². The lowest BCUT2D eigenvalue weighted by atomic mass is 10.0. The maximum atomic E-state index is 12.4. The first-order valence-electron chi connectivity index (χ1n) is 6.47. The van der Waals surface area contributed by atoms with Crippen LogP contribution in [0.4, 0.5) is 0 Å². The minimum absolute atomic E-state index is 0.0570. The van der Waals surface area contributed by atoms with Gasteiger partial charge in [-0.2, -0.15) is 0 Å². The molecule has 0 fully saturated rings. The van der Waals surface area contributed by atoms with Crippen LogP contribution in [0.2, 0.25) is 5.02 Å². The van der Waals surface area contributed by atoms with E-state index in [9.17, 15) is 9.59 Å². The molecule has 0 unspecified atom stereocenters. The first-order valence-corrected chi connectivity index (χ1v) is 6.84. The molecule has 0 bridgehead atoms. The first-order chi connectivity index (χ1) is 9.20. The summed E-state index contributed by atoms with van der Waals surface area (Å²) in [6.07, 6.45) is 0.163. The summed E-state index contributed by atoms with van der Waals surface area (Å²) in [5, 5.41) is 9.37. The molecule has 1 rings (SSSR count). The molecule has 0 aliphatic carbocycles. The topological polar surface area (TPSA) is 57.6 Å². The number of nitrogens with zero attached hydrogens (tertiary/aromatic N) is 1. The summed E-state index contributed by atoms with van der Waals surface area (Å²) in [5.41, 5.74) is 0.414. The summed E-state index contributed by atoms with van der Waals surface area (Å²) in [6, 6.07) is 7.13. The Balaban J connectivity index is 2.80. The van der Waals surface area contributed by atoms with Crippen molar-refractivity contribution in [1.29, 1.82) is 0 Å². The van der Waals surface area contributed by atoms with Crippen molar-refractivity contribution in [2.45, 2.75) is 39.2 Å². The maximum Gasteiger partial charge on any atom is 0.305 e. The number of hydrogen-bond donors (Lipinski definition) is 1. The van der Waals surface area contributed by atoms with E-state index in [-0.39, 0.29) is 25.3 Å². The molecule has 0 aliphatic rings. The fourth-order valence-corrected chi connectivity index (χ4v) is 2.17. The second-order valence-corrected chi connectivity index (χ2v) is 6.10. The third kappa shape index (κ3) is 5.21. The summed E-state index contributed by atoms with van der Waals surface area (Å²) in [4.78, 5) is 24.7. The number of aliphatic carboxylic acids is 1. The molecular weight excluding hydrogens is 278 g/mol. The number of halogens is 1. The Labute approximate surface area is 124 Å². The van der Waals surface area contributed by atoms with E-state index in [0.29, 0.717) is 5.02 Å². The van der Waals surface area contributed by atoms with Crippen molar-refractivity contribution in [2.75, 3.05) is 6.54 Å². The molecule has 1 aromatic rings. The highest BCUT2D eigenvalue weighted by Gasteiger charge is 2.26. The molecule has 1 N–H and O–H groups in total. The number of carbonyl (C=O) groups excluding carboxylic acids is 1. The molecule has 1 amide bonds. The van der Waals surface area contributed by atoms with Crippen LogP contribution < -0.4 is 0 Å². The van der Waals surface area contributed by atoms with E-state index < -0.39 is 11.5 Å². The summed E-state index contributed by atoms with van der Waals surface area (Å²) < 4.78 is 0. The molecule has 20 heavy (non-hydrogen) atoms. The number of benzene rings is 1. The number of carbonyl (C=O) groups is 2. The van der Waals surface area contributed by atoms with Gasteiger partial charge in [-0.25, -0.2) is 0 Å². The number of amides is 1. The van der Waals surface area contributed by atoms with Crippen LogP contribution >= 0.6 is 11.6 Å². The van der Waals surface area contributed by atoms with Gasteiger partial charge in [0.05, 0.1) is 12.8 Å². The Morgan fingerprint density at radius 1 is 1.30 bits per heavy atom. The van der Waals surface area contributed by atoms with E-state index in [1.165, 1.54) is 0 Å². The van der Waals surface area contributed by atoms with Crippen LogP contribution in [-0.2, 0) is 16.0 Å². The smallest absolute Gasteiger partial charge is 0.305 e. The molecule has 0 aliphatic heterocycles. The predicted octanol–water partition coefficient (Wildman–Crippen LogP) is 2.98. The van der Waals surface area contributed by atoms with Gasteiger partial charge in [-0.15, -0.1) is 0 Å². The molecule has 110 valence electrons. The number of hydrogen-bond acceptors (Lipinski definition) is 2. The zero-order valence-electron chi connectivity index (χ0n) is 12.0. The molecular formula is C15H20ClNO3. The average molecular weight is 298 g/mol. The number of carboxylic acid groups (broad SMARTS) is 1. The van der Waals surface area contributed by atoms with E-state index in [1.807, 2.05) is 26.8 Å². The van der Waals surface area contributed by atoms with E-state index >= 15 is 0 Å². The van der Waals surface area contributed by atoms with Crippen molar-refractivity contribution >= 4 is 23.5 Å². The highest BCUT2D eigenvalue weighted by Crippen LogP contribution is 2.17. The van der Waals surface area contributed by atoms with Crippen LogP contribution in [0.3, 0.4) is 0 Å². The van der Waals surface area contributed by atoms with Gasteiger partial charge in [0.25, 0.3) is 0 Å². The summed E-state index contributed by atoms with van der Waals surface area (Å²) in [6.45, 7) is 5.89. The molecule has 0 heterocycles. The van der Waals surface area contributed by atoms with Crippen LogP contribution in [0.25, 0.3) is 0 Å². The van der Waals surface area contributed by atoms with E-state index in [1.54, 1.807) is 23.1 Å². The van der Waals surface area contributed by atoms with E-state index in [2.05, 4.69) is 0 Å². The van der Waals surface area contributed by atoms with Crippen LogP contribution in [-0.4, -0.2) is 34.0 Å². The molecule has 1 aromatic carbocycles. The Bertz CT molecular complexity index is 494. The van der Waals surface area contributed by atoms with Crippen molar-refractivity contribution in [3.63, 3.8) is 0 Å². The normalized spacial score (nSPS) is 11.2. The van der Waals surface area contributed by atoms with Gasteiger partial charge in [0, 0.05) is 17.1 Å². The highest BCUT2D eigenvalue weighted by molar-refractivity contribution is 6.30. The zero-order valence-corrected chi connectivity index (χ0v) is 12.8. The fourth-order valence-electron chi connectivity index (χ4n) is 1.96. The SMILES string of the molecule is CC(C)(C)N(CCC(=O)O)C(=O)Cc1cccc(Cl)c1. The lowest BCUT2D eigenvalue weighted by molar-refractivity contribution is -0.140. The minimum Gasteiger partial charge on any atom is -0.481 e. The van der Waals surface area contributed by atoms with Crippen molar-refractivity contribution in [1.82, 2.24) is 4.90 Å². The highest BCUT2D eigenvalue weighted by atomic mass is 35.5. The van der Waals surface area contributed by atoms with Crippen molar-refractivity contribution in [3.8, 4) is 0 Å². The average Bonchev–Trinajstić information content (AvgIpc) is 2.26. The van der Waals surface area contributed by atoms with Crippen LogP contribution in [0.5, 0.6) is 0 Å².